The van der Waals surface area contributed by atoms with E-state index in [-0.39, 0.29) is 23.1 Å². The highest BCUT2D eigenvalue weighted by Crippen LogP contribution is 2.34. The van der Waals surface area contributed by atoms with Crippen LogP contribution in [0.4, 0.5) is 0 Å². The topological polar surface area (TPSA) is 99.4 Å². The summed E-state index contributed by atoms with van der Waals surface area (Å²) in [6.45, 7) is 4.31. The van der Waals surface area contributed by atoms with Gasteiger partial charge in [0, 0.05) is 16.3 Å². The number of ether oxygens (including phenoxy) is 2. The number of aryl methyl sites for hydroxylation is 1. The molecule has 6 atom stereocenters. The van der Waals surface area contributed by atoms with Crippen molar-refractivity contribution in [3.8, 4) is 11.5 Å². The van der Waals surface area contributed by atoms with Gasteiger partial charge in [-0.2, -0.15) is 0 Å². The minimum Gasteiger partial charge on any atom is -0.508 e. The standard InChI is InChI=1S/C36H62Cl2O6/c1-3-5-7-9-14-20-29(38)21-15-10-12-18-27-24-31(39)30(23-17-11-16-22-28(37)19-13-8-6-4-2)33(25-27)44-36-35(42)34(41)32(40)26-43-36/h24-25,28-29,32,34-36,39-42H,3-23,26H2,1-2H3/t28?,29?,32-,34+,35-,36-/m1/s1. The summed E-state index contributed by atoms with van der Waals surface area (Å²) in [7, 11) is 0. The van der Waals surface area contributed by atoms with Crippen molar-refractivity contribution < 1.29 is 29.9 Å². The highest BCUT2D eigenvalue weighted by atomic mass is 35.5. The Morgan fingerprint density at radius 3 is 1.77 bits per heavy atom. The maximum Gasteiger partial charge on any atom is 0.228 e. The zero-order valence-corrected chi connectivity index (χ0v) is 29.0. The molecular formula is C36H62Cl2O6. The SMILES string of the molecule is CCCCCCCC(Cl)CCCCCc1cc(O)c(CCCCCC(Cl)CCCCCC)c(O[C@H]2OC[C@@H](O)[C@H](O)[C@H]2O)c1. The van der Waals surface area contributed by atoms with E-state index in [0.29, 0.717) is 17.7 Å². The van der Waals surface area contributed by atoms with Crippen LogP contribution in [0.5, 0.6) is 11.5 Å². The van der Waals surface area contributed by atoms with Gasteiger partial charge in [-0.25, -0.2) is 0 Å². The molecule has 1 saturated heterocycles. The molecule has 256 valence electrons. The Bertz CT molecular complexity index is 871. The van der Waals surface area contributed by atoms with E-state index < -0.39 is 24.6 Å². The van der Waals surface area contributed by atoms with Crippen molar-refractivity contribution in [2.75, 3.05) is 6.61 Å². The van der Waals surface area contributed by atoms with Crippen LogP contribution >= 0.6 is 23.2 Å². The van der Waals surface area contributed by atoms with Gasteiger partial charge in [-0.15, -0.1) is 23.2 Å². The minimum atomic E-state index is -1.40. The number of aromatic hydroxyl groups is 1. The Labute approximate surface area is 277 Å². The van der Waals surface area contributed by atoms with Gasteiger partial charge in [-0.05, 0) is 69.1 Å². The molecule has 4 N–H and O–H groups in total. The molecule has 0 aromatic heterocycles. The molecule has 0 aliphatic carbocycles. The lowest BCUT2D eigenvalue weighted by Crippen LogP contribution is -2.54. The third-order valence-electron chi connectivity index (χ3n) is 8.86. The average Bonchev–Trinajstić information content (AvgIpc) is 3.00. The first-order valence-corrected chi connectivity index (χ1v) is 18.6. The molecule has 1 aromatic rings. The van der Waals surface area contributed by atoms with Crippen molar-refractivity contribution in [2.45, 2.75) is 184 Å². The van der Waals surface area contributed by atoms with Crippen LogP contribution in [-0.4, -0.2) is 62.4 Å². The van der Waals surface area contributed by atoms with Gasteiger partial charge < -0.3 is 29.9 Å². The predicted octanol–water partition coefficient (Wildman–Crippen LogP) is 8.96. The van der Waals surface area contributed by atoms with Crippen molar-refractivity contribution in [1.29, 1.82) is 0 Å². The minimum absolute atomic E-state index is 0.137. The third-order valence-corrected chi connectivity index (χ3v) is 9.73. The number of alkyl halides is 2. The largest absolute Gasteiger partial charge is 0.508 e. The Morgan fingerprint density at radius 1 is 0.705 bits per heavy atom. The maximum atomic E-state index is 11.0. The smallest absolute Gasteiger partial charge is 0.228 e. The summed E-state index contributed by atoms with van der Waals surface area (Å²) in [5.41, 5.74) is 1.63. The van der Waals surface area contributed by atoms with Gasteiger partial charge in [-0.1, -0.05) is 97.3 Å². The fourth-order valence-corrected chi connectivity index (χ4v) is 6.58. The predicted molar refractivity (Wildman–Crippen MR) is 182 cm³/mol. The summed E-state index contributed by atoms with van der Waals surface area (Å²) in [4.78, 5) is 0. The van der Waals surface area contributed by atoms with Crippen molar-refractivity contribution >= 4 is 23.2 Å². The van der Waals surface area contributed by atoms with Gasteiger partial charge in [0.2, 0.25) is 6.29 Å². The first kappa shape index (κ1) is 39.4. The van der Waals surface area contributed by atoms with Crippen LogP contribution in [0.3, 0.4) is 0 Å². The van der Waals surface area contributed by atoms with E-state index in [1.807, 2.05) is 12.1 Å². The second kappa shape index (κ2) is 23.5. The number of benzene rings is 1. The van der Waals surface area contributed by atoms with E-state index in [1.165, 1.54) is 57.8 Å². The number of aliphatic hydroxyl groups is 3. The molecule has 1 aromatic carbocycles. The first-order chi connectivity index (χ1) is 21.3. The fourth-order valence-electron chi connectivity index (χ4n) is 5.96. The van der Waals surface area contributed by atoms with Gasteiger partial charge in [-0.3, -0.25) is 0 Å². The Hall–Kier alpha value is -0.760. The zero-order chi connectivity index (χ0) is 32.2. The molecule has 0 saturated carbocycles. The molecule has 8 heteroatoms. The number of halogens is 2. The van der Waals surface area contributed by atoms with Crippen molar-refractivity contribution in [1.82, 2.24) is 0 Å². The summed E-state index contributed by atoms with van der Waals surface area (Å²) >= 11 is 13.1. The van der Waals surface area contributed by atoms with E-state index in [2.05, 4.69) is 13.8 Å². The monoisotopic (exact) mass is 660 g/mol. The summed E-state index contributed by atoms with van der Waals surface area (Å²) in [6, 6.07) is 3.75. The Kier molecular flexibility index (Phi) is 21.1. The van der Waals surface area contributed by atoms with E-state index in [1.54, 1.807) is 0 Å². The quantitative estimate of drug-likeness (QED) is 0.0617. The van der Waals surface area contributed by atoms with E-state index in [0.717, 1.165) is 76.2 Å². The van der Waals surface area contributed by atoms with Crippen LogP contribution < -0.4 is 4.74 Å². The normalized spacial score (nSPS) is 21.8. The Morgan fingerprint density at radius 2 is 1.20 bits per heavy atom. The van der Waals surface area contributed by atoms with Crippen LogP contribution in [-0.2, 0) is 17.6 Å². The number of hydrogen-bond acceptors (Lipinski definition) is 6. The van der Waals surface area contributed by atoms with E-state index in [4.69, 9.17) is 32.7 Å². The van der Waals surface area contributed by atoms with Crippen LogP contribution in [0, 0.1) is 0 Å². The molecule has 0 spiro atoms. The van der Waals surface area contributed by atoms with Crippen molar-refractivity contribution in [3.63, 3.8) is 0 Å². The molecule has 1 aliphatic rings. The molecular weight excluding hydrogens is 599 g/mol. The second-order valence-corrected chi connectivity index (χ2v) is 14.1. The summed E-state index contributed by atoms with van der Waals surface area (Å²) < 4.78 is 11.6. The van der Waals surface area contributed by atoms with E-state index in [9.17, 15) is 20.4 Å². The highest BCUT2D eigenvalue weighted by Gasteiger charge is 2.39. The summed E-state index contributed by atoms with van der Waals surface area (Å²) in [5.74, 6) is 0.640. The van der Waals surface area contributed by atoms with Crippen molar-refractivity contribution in [2.24, 2.45) is 0 Å². The van der Waals surface area contributed by atoms with E-state index >= 15 is 0 Å². The Balaban J connectivity index is 1.89. The van der Waals surface area contributed by atoms with Crippen LogP contribution in [0.1, 0.15) is 147 Å². The van der Waals surface area contributed by atoms with Gasteiger partial charge in [0.1, 0.15) is 29.8 Å². The number of aliphatic hydroxyl groups excluding tert-OH is 3. The number of unbranched alkanes of at least 4 members (excludes halogenated alkanes) is 11. The number of rotatable bonds is 25. The van der Waals surface area contributed by atoms with Gasteiger partial charge >= 0.3 is 0 Å². The molecule has 0 amide bonds. The third kappa shape index (κ3) is 15.7. The van der Waals surface area contributed by atoms with Crippen LogP contribution in [0.2, 0.25) is 0 Å². The molecule has 2 unspecified atom stereocenters. The zero-order valence-electron chi connectivity index (χ0n) is 27.5. The van der Waals surface area contributed by atoms with Crippen LogP contribution in [0.25, 0.3) is 0 Å². The second-order valence-electron chi connectivity index (χ2n) is 12.9. The molecule has 1 heterocycles. The molecule has 0 radical (unpaired) electrons. The van der Waals surface area contributed by atoms with Gasteiger partial charge in [0.15, 0.2) is 0 Å². The first-order valence-electron chi connectivity index (χ1n) is 17.7. The fraction of sp³-hybridized carbons (Fsp3) is 0.833. The van der Waals surface area contributed by atoms with Crippen molar-refractivity contribution in [3.05, 3.63) is 23.3 Å². The van der Waals surface area contributed by atoms with Gasteiger partial charge in [0.05, 0.1) is 6.61 Å². The van der Waals surface area contributed by atoms with Gasteiger partial charge in [0.25, 0.3) is 0 Å². The molecule has 1 aliphatic heterocycles. The molecule has 6 nitrogen and oxygen atoms in total. The summed E-state index contributed by atoms with van der Waals surface area (Å²) in [5, 5.41) is 42.0. The lowest BCUT2D eigenvalue weighted by Gasteiger charge is -2.35. The summed E-state index contributed by atoms with van der Waals surface area (Å²) in [6.07, 6.45) is 17.9. The number of phenols is 1. The molecule has 44 heavy (non-hydrogen) atoms. The number of hydrogen-bond donors (Lipinski definition) is 4. The lowest BCUT2D eigenvalue weighted by atomic mass is 9.98. The molecule has 0 bridgehead atoms. The van der Waals surface area contributed by atoms with Crippen LogP contribution in [0.15, 0.2) is 12.1 Å². The maximum absolute atomic E-state index is 11.0. The molecule has 2 rings (SSSR count). The average molecular weight is 662 g/mol. The highest BCUT2D eigenvalue weighted by molar-refractivity contribution is 6.20. The number of phenolic OH excluding ortho intramolecular Hbond substituents is 1. The lowest BCUT2D eigenvalue weighted by molar-refractivity contribution is -0.242. The molecule has 1 fully saturated rings.